The van der Waals surface area contributed by atoms with Gasteiger partial charge in [0.15, 0.2) is 52.4 Å². The minimum Gasteiger partial charge on any atom is -0.264 e. The van der Waals surface area contributed by atoms with Crippen LogP contribution in [0.15, 0.2) is 438 Å². The number of aromatic nitrogens is 12. The van der Waals surface area contributed by atoms with Gasteiger partial charge >= 0.3 is 0 Å². The normalized spacial score (nSPS) is 12.4. The molecule has 0 aliphatic heterocycles. The maximum Gasteiger partial charge on any atom is 0.174 e. The van der Waals surface area contributed by atoms with Gasteiger partial charge in [0, 0.05) is 90.1 Å². The quantitative estimate of drug-likeness (QED) is 0.0959. The van der Waals surface area contributed by atoms with E-state index in [0.29, 0.717) is 52.4 Å². The molecule has 0 radical (unpaired) electrons. The van der Waals surface area contributed by atoms with Gasteiger partial charge < -0.3 is 0 Å². The maximum absolute atomic E-state index is 5.28. The molecule has 133 heavy (non-hydrogen) atoms. The summed E-state index contributed by atoms with van der Waals surface area (Å²) in [5, 5.41) is 3.56. The number of pyridine rings is 3. The second kappa shape index (κ2) is 34.8. The summed E-state index contributed by atoms with van der Waals surface area (Å²) in [5.41, 5.74) is 26.3. The molecule has 0 saturated carbocycles. The minimum atomic E-state index is -0.517. The van der Waals surface area contributed by atoms with Crippen LogP contribution in [0, 0.1) is 0 Å². The maximum atomic E-state index is 5.28. The van der Waals surface area contributed by atoms with E-state index >= 15 is 0 Å². The van der Waals surface area contributed by atoms with Crippen LogP contribution in [0.4, 0.5) is 0 Å². The Kier molecular flexibility index (Phi) is 21.2. The van der Waals surface area contributed by atoms with Crippen molar-refractivity contribution in [3.63, 3.8) is 0 Å². The number of benzene rings is 14. The van der Waals surface area contributed by atoms with Crippen LogP contribution in [-0.4, -0.2) is 59.8 Å². The van der Waals surface area contributed by atoms with Crippen molar-refractivity contribution in [1.29, 1.82) is 0 Å². The Morgan fingerprint density at radius 1 is 0.195 bits per heavy atom. The van der Waals surface area contributed by atoms with E-state index < -0.39 is 5.41 Å². The molecule has 0 amide bonds. The number of hydrogen-bond acceptors (Lipinski definition) is 15. The number of hydrogen-bond donors (Lipinski definition) is 0. The molecule has 0 N–H and O–H groups in total. The molecule has 25 rings (SSSR count). The SMILES string of the molecule is CC1(C)c2ccccc2-c2c(-c3nc(-c4ccc(-c5cccnc5)cc4)nc(-c4cc5ccccc5s4)n3)cccc21.c1ccc(-c2ccc(-c3nc(-c4ccc(-c5cccnc5)cc4)nc(-c4cc5ccccc5s4)n3)cc2)cc1.c1ccc(C2(c3ccccc3)c3ccccc3-c3c(-c4nc(-c5ccc(-c6cccnc6)cc5)nc(-c5cc6ccccc6s5)n4)cccc32)cc1. The van der Waals surface area contributed by atoms with Crippen molar-refractivity contribution in [2.45, 2.75) is 24.7 Å². The van der Waals surface area contributed by atoms with Gasteiger partial charge in [0.25, 0.3) is 0 Å². The molecule has 9 heterocycles. The lowest BCUT2D eigenvalue weighted by Gasteiger charge is -2.33. The molecule has 0 bridgehead atoms. The van der Waals surface area contributed by atoms with Gasteiger partial charge in [0.05, 0.1) is 20.0 Å². The zero-order chi connectivity index (χ0) is 88.8. The Bertz CT molecular complexity index is 8000. The van der Waals surface area contributed by atoms with E-state index in [-0.39, 0.29) is 5.41 Å². The van der Waals surface area contributed by atoms with E-state index in [2.05, 4.69) is 405 Å². The molecule has 628 valence electrons. The molecule has 0 fully saturated rings. The van der Waals surface area contributed by atoms with E-state index in [4.69, 9.17) is 44.9 Å². The predicted molar refractivity (Wildman–Crippen MR) is 545 cm³/mol. The summed E-state index contributed by atoms with van der Waals surface area (Å²) in [4.78, 5) is 61.7. The molecule has 15 heteroatoms. The van der Waals surface area contributed by atoms with Crippen molar-refractivity contribution in [1.82, 2.24) is 59.8 Å². The summed E-state index contributed by atoms with van der Waals surface area (Å²) in [6.45, 7) is 4.60. The van der Waals surface area contributed by atoms with Crippen LogP contribution in [0.3, 0.4) is 0 Å². The van der Waals surface area contributed by atoms with Gasteiger partial charge in [-0.15, -0.1) is 34.0 Å². The topological polar surface area (TPSA) is 155 Å². The van der Waals surface area contributed by atoms with E-state index in [1.807, 2.05) is 42.9 Å². The second-order valence-corrected chi connectivity index (χ2v) is 36.7. The molecule has 2 aliphatic rings. The van der Waals surface area contributed by atoms with E-state index in [1.165, 1.54) is 85.9 Å². The van der Waals surface area contributed by atoms with Gasteiger partial charge in [-0.05, 0) is 171 Å². The van der Waals surface area contributed by atoms with Crippen molar-refractivity contribution in [3.05, 3.63) is 471 Å². The van der Waals surface area contributed by atoms with Crippen LogP contribution in [-0.2, 0) is 10.8 Å². The van der Waals surface area contributed by atoms with Gasteiger partial charge in [-0.25, -0.2) is 44.9 Å². The largest absolute Gasteiger partial charge is 0.264 e. The monoisotopic (exact) mass is 1760 g/mol. The highest BCUT2D eigenvalue weighted by Crippen LogP contribution is 2.59. The van der Waals surface area contributed by atoms with Gasteiger partial charge in [0.1, 0.15) is 0 Å². The molecule has 23 aromatic rings. The third-order valence-corrected chi connectivity index (χ3v) is 28.4. The first-order valence-electron chi connectivity index (χ1n) is 44.2. The van der Waals surface area contributed by atoms with Crippen LogP contribution in [0.2, 0.25) is 0 Å². The highest BCUT2D eigenvalue weighted by Gasteiger charge is 2.47. The summed E-state index contributed by atoms with van der Waals surface area (Å²) in [6, 6.07) is 140. The molecule has 0 unspecified atom stereocenters. The third-order valence-electron chi connectivity index (χ3n) is 25.1. The van der Waals surface area contributed by atoms with Crippen LogP contribution in [0.5, 0.6) is 0 Å². The zero-order valence-corrected chi connectivity index (χ0v) is 74.6. The van der Waals surface area contributed by atoms with Gasteiger partial charge in [0.2, 0.25) is 0 Å². The number of thiophene rings is 3. The molecule has 2 aliphatic carbocycles. The Labute approximate surface area is 781 Å². The van der Waals surface area contributed by atoms with Crippen LogP contribution in [0.25, 0.3) is 197 Å². The van der Waals surface area contributed by atoms with Crippen molar-refractivity contribution >= 4 is 64.3 Å². The first kappa shape index (κ1) is 81.0. The molecule has 0 saturated heterocycles. The first-order chi connectivity index (χ1) is 65.6. The fourth-order valence-electron chi connectivity index (χ4n) is 18.6. The molecule has 14 aromatic carbocycles. The first-order valence-corrected chi connectivity index (χ1v) is 46.6. The highest BCUT2D eigenvalue weighted by molar-refractivity contribution is 7.23. The van der Waals surface area contributed by atoms with Crippen molar-refractivity contribution in [2.24, 2.45) is 0 Å². The van der Waals surface area contributed by atoms with Crippen LogP contribution in [0.1, 0.15) is 47.2 Å². The fraction of sp³-hybridized carbons (Fsp3) is 0.0339. The Hall–Kier alpha value is -16.6. The van der Waals surface area contributed by atoms with Gasteiger partial charge in [-0.1, -0.05) is 360 Å². The van der Waals surface area contributed by atoms with Gasteiger partial charge in [-0.3, -0.25) is 15.0 Å². The lowest BCUT2D eigenvalue weighted by Crippen LogP contribution is -2.28. The lowest BCUT2D eigenvalue weighted by molar-refractivity contribution is 0.660. The Balaban J connectivity index is 0.000000114. The van der Waals surface area contributed by atoms with E-state index in [1.54, 1.807) is 52.6 Å². The summed E-state index contributed by atoms with van der Waals surface area (Å²) in [6.07, 6.45) is 11.0. The average Bonchev–Trinajstić information content (AvgIpc) is 1.52. The summed E-state index contributed by atoms with van der Waals surface area (Å²) in [7, 11) is 0. The highest BCUT2D eigenvalue weighted by atomic mass is 32.1. The Morgan fingerprint density at radius 3 is 0.850 bits per heavy atom. The summed E-state index contributed by atoms with van der Waals surface area (Å²) >= 11 is 5.12. The fourth-order valence-corrected chi connectivity index (χ4v) is 21.6. The molecule has 9 aromatic heterocycles. The van der Waals surface area contributed by atoms with Crippen LogP contribution >= 0.6 is 34.0 Å². The Morgan fingerprint density at radius 2 is 0.466 bits per heavy atom. The molecular formula is C118H78N12S3. The zero-order valence-electron chi connectivity index (χ0n) is 72.2. The molecule has 0 spiro atoms. The summed E-state index contributed by atoms with van der Waals surface area (Å²) in [5.74, 6) is 5.98. The minimum absolute atomic E-state index is 0.103. The second-order valence-electron chi connectivity index (χ2n) is 33.4. The van der Waals surface area contributed by atoms with E-state index in [9.17, 15) is 0 Å². The smallest absolute Gasteiger partial charge is 0.174 e. The molecule has 0 atom stereocenters. The van der Waals surface area contributed by atoms with E-state index in [0.717, 1.165) is 92.5 Å². The third kappa shape index (κ3) is 15.4. The van der Waals surface area contributed by atoms with Crippen LogP contribution < -0.4 is 0 Å². The standard InChI is InChI=1S/C47H30N4S.C37H26N4S.C34H22N4S/c1-3-15-35(16-4-1)47(36-17-5-2-6-18-36)39-21-9-8-19-37(39)43-38(20-11-22-40(43)47)45-49-44(32-26-24-31(25-27-32)34-14-12-28-48-30-34)50-46(51-45)42-29-33-13-7-10-23-41(33)52-42;1-37(2)29-13-5-4-11-27(29)33-28(12-7-14-30(33)37)35-39-34(24-18-16-23(17-19-24)26-10-8-20-38-22-26)40-36(41-35)32-21-25-9-3-6-15-31(25)42-32;1-2-7-23(8-3-1)24-12-16-26(17-13-24)32-36-33(27-18-14-25(15-19-27)29-10-6-20-35-22-29)38-34(37-32)31-21-28-9-4-5-11-30(28)39-31/h1-30H;3-22H,1-2H3;1-22H. The average molecular weight is 1760 g/mol. The van der Waals surface area contributed by atoms with Crippen molar-refractivity contribution in [3.8, 4) is 167 Å². The predicted octanol–water partition coefficient (Wildman–Crippen LogP) is 29.8. The molecule has 12 nitrogen and oxygen atoms in total. The number of nitrogens with zero attached hydrogens (tertiary/aromatic N) is 12. The summed E-state index contributed by atoms with van der Waals surface area (Å²) < 4.78 is 3.63. The number of rotatable bonds is 15. The van der Waals surface area contributed by atoms with Crippen molar-refractivity contribution < 1.29 is 0 Å². The number of fused-ring (bicyclic) bond motifs is 9. The molecular weight excluding hydrogens is 1680 g/mol. The van der Waals surface area contributed by atoms with Gasteiger partial charge in [-0.2, -0.15) is 0 Å². The lowest BCUT2D eigenvalue weighted by atomic mass is 9.67. The van der Waals surface area contributed by atoms with Crippen molar-refractivity contribution in [2.75, 3.05) is 0 Å².